The highest BCUT2D eigenvalue weighted by atomic mass is 32.1. The van der Waals surface area contributed by atoms with Gasteiger partial charge in [0.25, 0.3) is 0 Å². The van der Waals surface area contributed by atoms with Crippen LogP contribution >= 0.6 is 11.5 Å². The number of hydrogen-bond acceptors (Lipinski definition) is 5. The van der Waals surface area contributed by atoms with Crippen LogP contribution in [0.3, 0.4) is 0 Å². The van der Waals surface area contributed by atoms with Crippen molar-refractivity contribution in [3.63, 3.8) is 0 Å². The molecule has 0 aliphatic carbocycles. The van der Waals surface area contributed by atoms with Crippen LogP contribution in [-0.2, 0) is 0 Å². The molecule has 0 radical (unpaired) electrons. The van der Waals surface area contributed by atoms with Gasteiger partial charge >= 0.3 is 0 Å². The van der Waals surface area contributed by atoms with Gasteiger partial charge in [-0.05, 0) is 18.0 Å². The Morgan fingerprint density at radius 3 is 2.53 bits per heavy atom. The van der Waals surface area contributed by atoms with E-state index >= 15 is 0 Å². The third-order valence-electron chi connectivity index (χ3n) is 3.03. The lowest BCUT2D eigenvalue weighted by molar-refractivity contribution is 0.467. The lowest BCUT2D eigenvalue weighted by Gasteiger charge is -2.12. The largest absolute Gasteiger partial charge is 0.271 e. The van der Waals surface area contributed by atoms with E-state index < -0.39 is 0 Å². The molecule has 1 heterocycles. The van der Waals surface area contributed by atoms with Gasteiger partial charge in [0.2, 0.25) is 0 Å². The van der Waals surface area contributed by atoms with Gasteiger partial charge in [0.05, 0.1) is 11.7 Å². The fourth-order valence-corrected chi connectivity index (χ4v) is 2.45. The van der Waals surface area contributed by atoms with E-state index in [1.165, 1.54) is 56.5 Å². The molecule has 0 spiro atoms. The Morgan fingerprint density at radius 1 is 1.24 bits per heavy atom. The summed E-state index contributed by atoms with van der Waals surface area (Å²) in [6.07, 6.45) is 10.3. The number of rotatable bonds is 10. The molecule has 98 valence electrons. The summed E-state index contributed by atoms with van der Waals surface area (Å²) in [5.74, 6) is 5.53. The minimum atomic E-state index is 0.171. The van der Waals surface area contributed by atoms with Crippen molar-refractivity contribution in [1.29, 1.82) is 0 Å². The molecule has 3 N–H and O–H groups in total. The van der Waals surface area contributed by atoms with E-state index in [2.05, 4.69) is 21.9 Å². The monoisotopic (exact) mass is 256 g/mol. The predicted octanol–water partition coefficient (Wildman–Crippen LogP) is 3.18. The molecule has 0 saturated carbocycles. The summed E-state index contributed by atoms with van der Waals surface area (Å²) in [6, 6.07) is 0.171. The maximum Gasteiger partial charge on any atom is 0.0938 e. The SMILES string of the molecule is CCCCCCCCCC(NN)c1csnn1. The highest BCUT2D eigenvalue weighted by Gasteiger charge is 2.11. The number of nitrogens with zero attached hydrogens (tertiary/aromatic N) is 2. The van der Waals surface area contributed by atoms with Crippen molar-refractivity contribution in [2.75, 3.05) is 0 Å². The van der Waals surface area contributed by atoms with Crippen LogP contribution in [-0.4, -0.2) is 9.59 Å². The van der Waals surface area contributed by atoms with Crippen molar-refractivity contribution in [3.05, 3.63) is 11.1 Å². The molecule has 0 amide bonds. The molecule has 0 bridgehead atoms. The lowest BCUT2D eigenvalue weighted by Crippen LogP contribution is -2.28. The molecule has 1 aromatic heterocycles. The predicted molar refractivity (Wildman–Crippen MR) is 72.6 cm³/mol. The summed E-state index contributed by atoms with van der Waals surface area (Å²) in [7, 11) is 0. The summed E-state index contributed by atoms with van der Waals surface area (Å²) in [5, 5.41) is 6.02. The van der Waals surface area contributed by atoms with Gasteiger partial charge in [-0.25, -0.2) is 0 Å². The maximum absolute atomic E-state index is 5.53. The molecule has 1 aromatic rings. The Kier molecular flexibility index (Phi) is 8.13. The van der Waals surface area contributed by atoms with Gasteiger partial charge in [-0.3, -0.25) is 11.3 Å². The number of hydrazine groups is 1. The highest BCUT2D eigenvalue weighted by Crippen LogP contribution is 2.18. The number of hydrogen-bond donors (Lipinski definition) is 2. The molecule has 0 aliphatic heterocycles. The molecule has 1 atom stereocenters. The molecule has 5 heteroatoms. The summed E-state index contributed by atoms with van der Waals surface area (Å²) in [6.45, 7) is 2.25. The van der Waals surface area contributed by atoms with Crippen LogP contribution in [0.25, 0.3) is 0 Å². The van der Waals surface area contributed by atoms with Crippen molar-refractivity contribution in [2.45, 2.75) is 64.3 Å². The molecular weight excluding hydrogens is 232 g/mol. The normalized spacial score (nSPS) is 12.8. The first-order chi connectivity index (χ1) is 8.38. The molecule has 0 saturated heterocycles. The minimum Gasteiger partial charge on any atom is -0.271 e. The zero-order valence-corrected chi connectivity index (χ0v) is 11.5. The van der Waals surface area contributed by atoms with Crippen LogP contribution in [0.15, 0.2) is 5.38 Å². The van der Waals surface area contributed by atoms with Crippen molar-refractivity contribution in [3.8, 4) is 0 Å². The van der Waals surface area contributed by atoms with Gasteiger partial charge in [-0.2, -0.15) is 0 Å². The molecule has 0 aliphatic rings. The first kappa shape index (κ1) is 14.5. The molecule has 0 fully saturated rings. The number of aromatic nitrogens is 2. The second-order valence-corrected chi connectivity index (χ2v) is 5.07. The fraction of sp³-hybridized carbons (Fsp3) is 0.833. The Labute approximate surface area is 108 Å². The standard InChI is InChI=1S/C12H24N4S/c1-2-3-4-5-6-7-8-9-11(14-13)12-10-17-16-15-12/h10-11,14H,2-9,13H2,1H3. The van der Waals surface area contributed by atoms with E-state index in [4.69, 9.17) is 5.84 Å². The summed E-state index contributed by atoms with van der Waals surface area (Å²) < 4.78 is 3.87. The zero-order chi connectivity index (χ0) is 12.3. The van der Waals surface area contributed by atoms with E-state index in [9.17, 15) is 0 Å². The highest BCUT2D eigenvalue weighted by molar-refractivity contribution is 7.03. The fourth-order valence-electron chi connectivity index (χ4n) is 1.95. The van der Waals surface area contributed by atoms with Gasteiger partial charge in [0.1, 0.15) is 0 Å². The summed E-state index contributed by atoms with van der Waals surface area (Å²) in [5.41, 5.74) is 3.80. The van der Waals surface area contributed by atoms with Crippen LogP contribution in [0.1, 0.15) is 70.0 Å². The summed E-state index contributed by atoms with van der Waals surface area (Å²) >= 11 is 1.38. The number of nitrogens with one attached hydrogen (secondary N) is 1. The molecule has 4 nitrogen and oxygen atoms in total. The van der Waals surface area contributed by atoms with Gasteiger partial charge < -0.3 is 0 Å². The number of nitrogens with two attached hydrogens (primary N) is 1. The van der Waals surface area contributed by atoms with Gasteiger partial charge in [0.15, 0.2) is 0 Å². The lowest BCUT2D eigenvalue weighted by atomic mass is 10.0. The average Bonchev–Trinajstić information content (AvgIpc) is 2.86. The van der Waals surface area contributed by atoms with Crippen LogP contribution in [0, 0.1) is 0 Å². The molecule has 1 unspecified atom stereocenters. The smallest absolute Gasteiger partial charge is 0.0938 e. The second-order valence-electron chi connectivity index (χ2n) is 4.46. The third-order valence-corrected chi connectivity index (χ3v) is 3.55. The van der Waals surface area contributed by atoms with E-state index in [1.54, 1.807) is 0 Å². The zero-order valence-electron chi connectivity index (χ0n) is 10.7. The average molecular weight is 256 g/mol. The quantitative estimate of drug-likeness (QED) is 0.383. The van der Waals surface area contributed by atoms with Gasteiger partial charge in [-0.1, -0.05) is 56.4 Å². The van der Waals surface area contributed by atoms with Crippen molar-refractivity contribution in [2.24, 2.45) is 5.84 Å². The van der Waals surface area contributed by atoms with Crippen LogP contribution < -0.4 is 11.3 Å². The van der Waals surface area contributed by atoms with Gasteiger partial charge in [0, 0.05) is 5.38 Å². The third kappa shape index (κ3) is 6.10. The van der Waals surface area contributed by atoms with E-state index in [1.807, 2.05) is 5.38 Å². The van der Waals surface area contributed by atoms with E-state index in [0.29, 0.717) is 0 Å². The Balaban J connectivity index is 2.04. The van der Waals surface area contributed by atoms with Crippen LogP contribution in [0.2, 0.25) is 0 Å². The number of unbranched alkanes of at least 4 members (excludes halogenated alkanes) is 6. The Bertz CT molecular complexity index is 263. The topological polar surface area (TPSA) is 63.8 Å². The second kappa shape index (κ2) is 9.50. The minimum absolute atomic E-state index is 0.171. The first-order valence-corrected chi connectivity index (χ1v) is 7.45. The van der Waals surface area contributed by atoms with Crippen molar-refractivity contribution in [1.82, 2.24) is 15.0 Å². The van der Waals surface area contributed by atoms with Crippen LogP contribution in [0.4, 0.5) is 0 Å². The first-order valence-electron chi connectivity index (χ1n) is 6.61. The molecular formula is C12H24N4S. The maximum atomic E-state index is 5.53. The van der Waals surface area contributed by atoms with Gasteiger partial charge in [-0.15, -0.1) is 5.10 Å². The molecule has 0 aromatic carbocycles. The molecule has 17 heavy (non-hydrogen) atoms. The van der Waals surface area contributed by atoms with Crippen molar-refractivity contribution < 1.29 is 0 Å². The Morgan fingerprint density at radius 2 is 1.94 bits per heavy atom. The molecule has 1 rings (SSSR count). The van der Waals surface area contributed by atoms with E-state index in [-0.39, 0.29) is 6.04 Å². The van der Waals surface area contributed by atoms with Crippen molar-refractivity contribution >= 4 is 11.5 Å². The Hall–Kier alpha value is -0.520. The van der Waals surface area contributed by atoms with Crippen LogP contribution in [0.5, 0.6) is 0 Å². The summed E-state index contributed by atoms with van der Waals surface area (Å²) in [4.78, 5) is 0. The van der Waals surface area contributed by atoms with E-state index in [0.717, 1.165) is 12.1 Å².